The Hall–Kier alpha value is -2.93. The van der Waals surface area contributed by atoms with E-state index in [-0.39, 0.29) is 31.6 Å². The molecule has 152 valence electrons. The number of para-hydroxylation sites is 2. The van der Waals surface area contributed by atoms with E-state index < -0.39 is 5.97 Å². The molecule has 0 aliphatic rings. The van der Waals surface area contributed by atoms with Gasteiger partial charge in [-0.2, -0.15) is 0 Å². The minimum absolute atomic E-state index is 0.0821. The second kappa shape index (κ2) is 9.52. The molecule has 6 nitrogen and oxygen atoms in total. The van der Waals surface area contributed by atoms with E-state index in [1.165, 1.54) is 0 Å². The summed E-state index contributed by atoms with van der Waals surface area (Å²) >= 11 is 1.56. The molecule has 0 saturated carbocycles. The summed E-state index contributed by atoms with van der Waals surface area (Å²) in [7, 11) is 1.69. The molecule has 0 aliphatic heterocycles. The van der Waals surface area contributed by atoms with Crippen LogP contribution in [-0.2, 0) is 14.3 Å². The van der Waals surface area contributed by atoms with E-state index in [9.17, 15) is 9.59 Å². The number of hydrogen-bond donors (Lipinski definition) is 0. The molecule has 1 atom stereocenters. The first kappa shape index (κ1) is 20.8. The van der Waals surface area contributed by atoms with Crippen LogP contribution in [0.5, 0.6) is 5.75 Å². The lowest BCUT2D eigenvalue weighted by atomic mass is 10.2. The first-order valence-corrected chi connectivity index (χ1v) is 10.2. The number of ether oxygens (including phenoxy) is 2. The monoisotopic (exact) mass is 412 g/mol. The van der Waals surface area contributed by atoms with Gasteiger partial charge in [-0.25, -0.2) is 4.98 Å². The molecule has 0 N–H and O–H groups in total. The van der Waals surface area contributed by atoms with E-state index in [4.69, 9.17) is 9.47 Å². The predicted molar refractivity (Wildman–Crippen MR) is 113 cm³/mol. The lowest BCUT2D eigenvalue weighted by Gasteiger charge is -2.23. The molecule has 29 heavy (non-hydrogen) atoms. The van der Waals surface area contributed by atoms with Crippen molar-refractivity contribution in [3.05, 3.63) is 59.1 Å². The standard InChI is InChI=1S/C22H24N2O4S/c1-15-8-4-6-10-18(15)27-13-12-21(26)28-14-20(25)24(3)16(2)22-23-17-9-5-7-11-19(17)29-22/h4-11,16H,12-14H2,1-3H3/t16-/m0/s1. The molecule has 1 aromatic heterocycles. The summed E-state index contributed by atoms with van der Waals surface area (Å²) in [6, 6.07) is 15.2. The maximum atomic E-state index is 12.4. The number of likely N-dealkylation sites (N-methyl/N-ethyl adjacent to an activating group) is 1. The minimum Gasteiger partial charge on any atom is -0.493 e. The summed E-state index contributed by atoms with van der Waals surface area (Å²) in [4.78, 5) is 30.5. The van der Waals surface area contributed by atoms with Crippen LogP contribution >= 0.6 is 11.3 Å². The second-order valence-electron chi connectivity index (χ2n) is 6.73. The largest absolute Gasteiger partial charge is 0.493 e. The van der Waals surface area contributed by atoms with Gasteiger partial charge in [0.25, 0.3) is 5.91 Å². The Morgan fingerprint density at radius 1 is 1.14 bits per heavy atom. The minimum atomic E-state index is -0.465. The fraction of sp³-hybridized carbons (Fsp3) is 0.318. The molecular formula is C22H24N2O4S. The van der Waals surface area contributed by atoms with Crippen molar-refractivity contribution in [1.82, 2.24) is 9.88 Å². The van der Waals surface area contributed by atoms with Gasteiger partial charge in [-0.15, -0.1) is 11.3 Å². The molecule has 0 bridgehead atoms. The number of aromatic nitrogens is 1. The number of thiazole rings is 1. The lowest BCUT2D eigenvalue weighted by Crippen LogP contribution is -2.33. The van der Waals surface area contributed by atoms with Gasteiger partial charge >= 0.3 is 5.97 Å². The number of esters is 1. The Bertz CT molecular complexity index is 968. The molecule has 1 amide bonds. The summed E-state index contributed by atoms with van der Waals surface area (Å²) in [5.74, 6) is -0.00123. The molecule has 0 spiro atoms. The summed E-state index contributed by atoms with van der Waals surface area (Å²) in [5, 5.41) is 0.847. The van der Waals surface area contributed by atoms with Crippen molar-refractivity contribution >= 4 is 33.4 Å². The molecule has 2 aromatic carbocycles. The van der Waals surface area contributed by atoms with Crippen LogP contribution in [0.4, 0.5) is 0 Å². The topological polar surface area (TPSA) is 68.7 Å². The average Bonchev–Trinajstić information content (AvgIpc) is 3.16. The van der Waals surface area contributed by atoms with E-state index in [0.29, 0.717) is 0 Å². The van der Waals surface area contributed by atoms with Crippen LogP contribution in [0.25, 0.3) is 10.2 Å². The van der Waals surface area contributed by atoms with Gasteiger partial charge in [0.1, 0.15) is 10.8 Å². The van der Waals surface area contributed by atoms with E-state index in [1.807, 2.05) is 62.4 Å². The van der Waals surface area contributed by atoms with E-state index >= 15 is 0 Å². The molecule has 7 heteroatoms. The fourth-order valence-electron chi connectivity index (χ4n) is 2.73. The number of carbonyl (C=O) groups excluding carboxylic acids is 2. The molecule has 0 saturated heterocycles. The smallest absolute Gasteiger partial charge is 0.309 e. The zero-order valence-electron chi connectivity index (χ0n) is 16.8. The van der Waals surface area contributed by atoms with E-state index in [1.54, 1.807) is 23.3 Å². The van der Waals surface area contributed by atoms with Crippen molar-refractivity contribution in [2.45, 2.75) is 26.3 Å². The third kappa shape index (κ3) is 5.32. The van der Waals surface area contributed by atoms with Crippen LogP contribution in [0.15, 0.2) is 48.5 Å². The first-order valence-electron chi connectivity index (χ1n) is 9.41. The van der Waals surface area contributed by atoms with E-state index in [2.05, 4.69) is 4.98 Å². The third-order valence-electron chi connectivity index (χ3n) is 4.66. The van der Waals surface area contributed by atoms with Gasteiger partial charge in [-0.3, -0.25) is 9.59 Å². The number of nitrogens with zero attached hydrogens (tertiary/aromatic N) is 2. The van der Waals surface area contributed by atoms with Crippen LogP contribution in [0, 0.1) is 6.92 Å². The van der Waals surface area contributed by atoms with Gasteiger partial charge in [0, 0.05) is 7.05 Å². The number of fused-ring (bicyclic) bond motifs is 1. The molecule has 0 fully saturated rings. The number of amides is 1. The highest BCUT2D eigenvalue weighted by Crippen LogP contribution is 2.28. The quantitative estimate of drug-likeness (QED) is 0.520. The lowest BCUT2D eigenvalue weighted by molar-refractivity contribution is -0.152. The Kier molecular flexibility index (Phi) is 6.82. The van der Waals surface area contributed by atoms with Crippen LogP contribution in [0.1, 0.15) is 30.0 Å². The molecule has 1 heterocycles. The third-order valence-corrected chi connectivity index (χ3v) is 5.86. The van der Waals surface area contributed by atoms with Crippen molar-refractivity contribution in [3.63, 3.8) is 0 Å². The van der Waals surface area contributed by atoms with Crippen molar-refractivity contribution in [2.24, 2.45) is 0 Å². The van der Waals surface area contributed by atoms with Crippen LogP contribution in [0.2, 0.25) is 0 Å². The van der Waals surface area contributed by atoms with Gasteiger partial charge < -0.3 is 14.4 Å². The van der Waals surface area contributed by atoms with Crippen molar-refractivity contribution < 1.29 is 19.1 Å². The van der Waals surface area contributed by atoms with Crippen molar-refractivity contribution in [1.29, 1.82) is 0 Å². The number of rotatable bonds is 8. The van der Waals surface area contributed by atoms with Gasteiger partial charge in [0.2, 0.25) is 0 Å². The predicted octanol–water partition coefficient (Wildman–Crippen LogP) is 4.14. The van der Waals surface area contributed by atoms with Crippen molar-refractivity contribution in [3.8, 4) is 5.75 Å². The highest BCUT2D eigenvalue weighted by molar-refractivity contribution is 7.18. The van der Waals surface area contributed by atoms with Crippen LogP contribution in [-0.4, -0.2) is 42.0 Å². The summed E-state index contributed by atoms with van der Waals surface area (Å²) < 4.78 is 11.8. The highest BCUT2D eigenvalue weighted by Gasteiger charge is 2.21. The Morgan fingerprint density at radius 3 is 2.62 bits per heavy atom. The van der Waals surface area contributed by atoms with E-state index in [0.717, 1.165) is 26.5 Å². The Balaban J connectivity index is 1.45. The Morgan fingerprint density at radius 2 is 1.86 bits per heavy atom. The highest BCUT2D eigenvalue weighted by atomic mass is 32.1. The molecule has 3 rings (SSSR count). The second-order valence-corrected chi connectivity index (χ2v) is 7.79. The molecule has 0 unspecified atom stereocenters. The molecule has 0 radical (unpaired) electrons. The van der Waals surface area contributed by atoms with Gasteiger partial charge in [-0.1, -0.05) is 30.3 Å². The average molecular weight is 413 g/mol. The van der Waals surface area contributed by atoms with Crippen molar-refractivity contribution in [2.75, 3.05) is 20.3 Å². The molecule has 0 aliphatic carbocycles. The summed E-state index contributed by atoms with van der Waals surface area (Å²) in [6.07, 6.45) is 0.0821. The van der Waals surface area contributed by atoms with Crippen LogP contribution < -0.4 is 4.74 Å². The number of hydrogen-bond acceptors (Lipinski definition) is 6. The zero-order valence-corrected chi connectivity index (χ0v) is 17.6. The van der Waals surface area contributed by atoms with Gasteiger partial charge in [-0.05, 0) is 37.6 Å². The maximum Gasteiger partial charge on any atom is 0.309 e. The van der Waals surface area contributed by atoms with Crippen LogP contribution in [0.3, 0.4) is 0 Å². The number of carbonyl (C=O) groups is 2. The SMILES string of the molecule is Cc1ccccc1OCCC(=O)OCC(=O)N(C)[C@@H](C)c1nc2ccccc2s1. The molecular weight excluding hydrogens is 388 g/mol. The summed E-state index contributed by atoms with van der Waals surface area (Å²) in [5.41, 5.74) is 1.92. The maximum absolute atomic E-state index is 12.4. The normalized spacial score (nSPS) is 11.8. The van der Waals surface area contributed by atoms with Gasteiger partial charge in [0.15, 0.2) is 6.61 Å². The molecule has 3 aromatic rings. The fourth-order valence-corrected chi connectivity index (χ4v) is 3.79. The Labute approximate surface area is 174 Å². The number of benzene rings is 2. The van der Waals surface area contributed by atoms with Gasteiger partial charge in [0.05, 0.1) is 29.3 Å². The summed E-state index contributed by atoms with van der Waals surface area (Å²) in [6.45, 7) is 3.76. The zero-order chi connectivity index (χ0) is 20.8. The first-order chi connectivity index (χ1) is 14.0. The number of aryl methyl sites for hydroxylation is 1.